The van der Waals surface area contributed by atoms with Crippen molar-refractivity contribution in [2.75, 3.05) is 12.4 Å². The van der Waals surface area contributed by atoms with Gasteiger partial charge in [-0.1, -0.05) is 6.07 Å². The zero-order valence-corrected chi connectivity index (χ0v) is 16.0. The highest BCUT2D eigenvalue weighted by Crippen LogP contribution is 2.20. The lowest BCUT2D eigenvalue weighted by Gasteiger charge is -2.08. The summed E-state index contributed by atoms with van der Waals surface area (Å²) in [7, 11) is 1.54. The lowest BCUT2D eigenvalue weighted by atomic mass is 10.1. The number of nitrogens with one attached hydrogen (secondary N) is 2. The van der Waals surface area contributed by atoms with Gasteiger partial charge in [-0.25, -0.2) is 5.43 Å². The van der Waals surface area contributed by atoms with Gasteiger partial charge in [-0.3, -0.25) is 9.59 Å². The quantitative estimate of drug-likeness (QED) is 0.371. The van der Waals surface area contributed by atoms with Crippen molar-refractivity contribution in [3.63, 3.8) is 0 Å². The SMILES string of the molecule is COc1ccc(C(=O)Nc2cccc(C(=O)N/N=C\c3ccc(O)cc3O)c2)cc1. The van der Waals surface area contributed by atoms with Crippen LogP contribution in [0.5, 0.6) is 17.2 Å². The molecule has 0 aliphatic rings. The number of carbonyl (C=O) groups excluding carboxylic acids is 2. The van der Waals surface area contributed by atoms with Gasteiger partial charge < -0.3 is 20.3 Å². The molecule has 0 saturated heterocycles. The minimum absolute atomic E-state index is 0.0813. The number of anilines is 1. The number of phenols is 2. The fourth-order valence-corrected chi connectivity index (χ4v) is 2.55. The number of methoxy groups -OCH3 is 1. The van der Waals surface area contributed by atoms with Gasteiger partial charge in [0.05, 0.1) is 13.3 Å². The predicted molar refractivity (Wildman–Crippen MR) is 112 cm³/mol. The normalized spacial score (nSPS) is 10.6. The average molecular weight is 405 g/mol. The van der Waals surface area contributed by atoms with Crippen molar-refractivity contribution in [3.8, 4) is 17.2 Å². The van der Waals surface area contributed by atoms with E-state index >= 15 is 0 Å². The van der Waals surface area contributed by atoms with Crippen molar-refractivity contribution in [2.45, 2.75) is 0 Å². The summed E-state index contributed by atoms with van der Waals surface area (Å²) in [5.41, 5.74) is 3.85. The monoisotopic (exact) mass is 405 g/mol. The van der Waals surface area contributed by atoms with E-state index in [2.05, 4.69) is 15.8 Å². The van der Waals surface area contributed by atoms with Gasteiger partial charge in [0.25, 0.3) is 11.8 Å². The Morgan fingerprint density at radius 3 is 2.40 bits per heavy atom. The highest BCUT2D eigenvalue weighted by atomic mass is 16.5. The summed E-state index contributed by atoms with van der Waals surface area (Å²) in [6.45, 7) is 0. The second kappa shape index (κ2) is 9.24. The van der Waals surface area contributed by atoms with Gasteiger partial charge in [0.1, 0.15) is 17.2 Å². The molecule has 3 aromatic rings. The minimum atomic E-state index is -0.495. The summed E-state index contributed by atoms with van der Waals surface area (Å²) < 4.78 is 5.07. The molecule has 3 aromatic carbocycles. The van der Waals surface area contributed by atoms with Gasteiger partial charge in [0.15, 0.2) is 0 Å². The molecule has 4 N–H and O–H groups in total. The van der Waals surface area contributed by atoms with E-state index in [1.54, 1.807) is 49.6 Å². The molecule has 2 amide bonds. The van der Waals surface area contributed by atoms with Gasteiger partial charge in [-0.15, -0.1) is 0 Å². The molecule has 0 bridgehead atoms. The minimum Gasteiger partial charge on any atom is -0.508 e. The lowest BCUT2D eigenvalue weighted by molar-refractivity contribution is 0.0953. The number of ether oxygens (including phenoxy) is 1. The summed E-state index contributed by atoms with van der Waals surface area (Å²) >= 11 is 0. The second-order valence-corrected chi connectivity index (χ2v) is 6.21. The number of nitrogens with zero attached hydrogens (tertiary/aromatic N) is 1. The molecule has 8 heteroatoms. The van der Waals surface area contributed by atoms with Crippen molar-refractivity contribution >= 4 is 23.7 Å². The molecule has 152 valence electrons. The molecule has 0 spiro atoms. The number of hydrogen-bond acceptors (Lipinski definition) is 6. The van der Waals surface area contributed by atoms with E-state index in [1.165, 1.54) is 24.4 Å². The average Bonchev–Trinajstić information content (AvgIpc) is 2.75. The molecule has 3 rings (SSSR count). The largest absolute Gasteiger partial charge is 0.508 e. The van der Waals surface area contributed by atoms with Crippen LogP contribution in [0.2, 0.25) is 0 Å². The van der Waals surface area contributed by atoms with Gasteiger partial charge in [0.2, 0.25) is 0 Å². The number of phenolic OH excluding ortho intramolecular Hbond substituents is 2. The molecule has 30 heavy (non-hydrogen) atoms. The molecule has 0 heterocycles. The third-order valence-electron chi connectivity index (χ3n) is 4.12. The highest BCUT2D eigenvalue weighted by Gasteiger charge is 2.09. The molecule has 8 nitrogen and oxygen atoms in total. The number of amides is 2. The Kier molecular flexibility index (Phi) is 6.29. The molecule has 0 atom stereocenters. The lowest BCUT2D eigenvalue weighted by Crippen LogP contribution is -2.18. The van der Waals surface area contributed by atoms with Gasteiger partial charge in [-0.2, -0.15) is 5.10 Å². The second-order valence-electron chi connectivity index (χ2n) is 6.21. The zero-order valence-electron chi connectivity index (χ0n) is 16.0. The number of rotatable bonds is 6. The third-order valence-corrected chi connectivity index (χ3v) is 4.12. The topological polar surface area (TPSA) is 120 Å². The molecular formula is C22H19N3O5. The van der Waals surface area contributed by atoms with Crippen LogP contribution < -0.4 is 15.5 Å². The van der Waals surface area contributed by atoms with Crippen LogP contribution in [0, 0.1) is 0 Å². The molecule has 0 saturated carbocycles. The predicted octanol–water partition coefficient (Wildman–Crippen LogP) is 3.12. The number of carbonyl (C=O) groups is 2. The molecule has 0 radical (unpaired) electrons. The third kappa shape index (κ3) is 5.14. The molecule has 0 aromatic heterocycles. The molecule has 0 aliphatic carbocycles. The fraction of sp³-hybridized carbons (Fsp3) is 0.0455. The van der Waals surface area contributed by atoms with Gasteiger partial charge in [-0.05, 0) is 54.6 Å². The maximum atomic E-state index is 12.4. The van der Waals surface area contributed by atoms with Gasteiger partial charge >= 0.3 is 0 Å². The van der Waals surface area contributed by atoms with E-state index in [1.807, 2.05) is 0 Å². The van der Waals surface area contributed by atoms with Crippen molar-refractivity contribution in [1.29, 1.82) is 0 Å². The molecular weight excluding hydrogens is 386 g/mol. The van der Waals surface area contributed by atoms with E-state index in [0.29, 0.717) is 22.6 Å². The van der Waals surface area contributed by atoms with Crippen molar-refractivity contribution in [1.82, 2.24) is 5.43 Å². The van der Waals surface area contributed by atoms with Crippen molar-refractivity contribution < 1.29 is 24.5 Å². The summed E-state index contributed by atoms with van der Waals surface area (Å²) in [6, 6.07) is 17.0. The first kappa shape index (κ1) is 20.4. The van der Waals surface area contributed by atoms with E-state index in [-0.39, 0.29) is 23.0 Å². The maximum Gasteiger partial charge on any atom is 0.271 e. The van der Waals surface area contributed by atoms with Crippen LogP contribution in [0.15, 0.2) is 71.8 Å². The Bertz CT molecular complexity index is 1090. The van der Waals surface area contributed by atoms with Crippen LogP contribution in [-0.2, 0) is 0 Å². The zero-order chi connectivity index (χ0) is 21.5. The Balaban J connectivity index is 1.64. The van der Waals surface area contributed by atoms with Crippen LogP contribution >= 0.6 is 0 Å². The Morgan fingerprint density at radius 1 is 0.933 bits per heavy atom. The van der Waals surface area contributed by atoms with Crippen molar-refractivity contribution in [3.05, 3.63) is 83.4 Å². The standard InChI is InChI=1S/C22H19N3O5/c1-30-19-9-6-14(7-10-19)21(28)24-17-4-2-3-15(11-17)22(29)25-23-13-16-5-8-18(26)12-20(16)27/h2-13,26-27H,1H3,(H,24,28)(H,25,29)/b23-13-. The highest BCUT2D eigenvalue weighted by molar-refractivity contribution is 6.05. The number of benzene rings is 3. The summed E-state index contributed by atoms with van der Waals surface area (Å²) in [5, 5.41) is 25.5. The molecule has 0 aliphatic heterocycles. The Labute approximate surface area is 172 Å². The number of aromatic hydroxyl groups is 2. The molecule has 0 unspecified atom stereocenters. The first-order valence-corrected chi connectivity index (χ1v) is 8.87. The van der Waals surface area contributed by atoms with E-state index in [9.17, 15) is 19.8 Å². The Hall–Kier alpha value is -4.33. The number of hydrazone groups is 1. The summed E-state index contributed by atoms with van der Waals surface area (Å²) in [4.78, 5) is 24.7. The van der Waals surface area contributed by atoms with Crippen molar-refractivity contribution in [2.24, 2.45) is 5.10 Å². The van der Waals surface area contributed by atoms with Gasteiger partial charge in [0, 0.05) is 28.4 Å². The van der Waals surface area contributed by atoms with Crippen LogP contribution in [0.25, 0.3) is 0 Å². The van der Waals surface area contributed by atoms with Crippen LogP contribution in [0.3, 0.4) is 0 Å². The maximum absolute atomic E-state index is 12.4. The first-order chi connectivity index (χ1) is 14.5. The fourth-order valence-electron chi connectivity index (χ4n) is 2.55. The number of hydrogen-bond donors (Lipinski definition) is 4. The molecule has 0 fully saturated rings. The summed E-state index contributed by atoms with van der Waals surface area (Å²) in [5.74, 6) is -0.425. The van der Waals surface area contributed by atoms with E-state index in [4.69, 9.17) is 4.74 Å². The van der Waals surface area contributed by atoms with Crippen LogP contribution in [0.1, 0.15) is 26.3 Å². The van der Waals surface area contributed by atoms with E-state index < -0.39 is 5.91 Å². The Morgan fingerprint density at radius 2 is 1.70 bits per heavy atom. The smallest absolute Gasteiger partial charge is 0.271 e. The van der Waals surface area contributed by atoms with Crippen LogP contribution in [-0.4, -0.2) is 35.4 Å². The van der Waals surface area contributed by atoms with Crippen LogP contribution in [0.4, 0.5) is 5.69 Å². The summed E-state index contributed by atoms with van der Waals surface area (Å²) in [6.07, 6.45) is 1.25. The van der Waals surface area contributed by atoms with E-state index in [0.717, 1.165) is 6.07 Å². The first-order valence-electron chi connectivity index (χ1n) is 8.87.